The summed E-state index contributed by atoms with van der Waals surface area (Å²) in [5, 5.41) is 2.69. The van der Waals surface area contributed by atoms with Gasteiger partial charge in [-0.3, -0.25) is 14.5 Å². The molecule has 1 saturated heterocycles. The summed E-state index contributed by atoms with van der Waals surface area (Å²) in [6, 6.07) is 4.66. The first-order valence-electron chi connectivity index (χ1n) is 9.98. The second-order valence-electron chi connectivity index (χ2n) is 8.06. The van der Waals surface area contributed by atoms with Crippen molar-refractivity contribution in [1.29, 1.82) is 0 Å². The van der Waals surface area contributed by atoms with Gasteiger partial charge in [-0.05, 0) is 44.0 Å². The molecule has 1 fully saturated rings. The van der Waals surface area contributed by atoms with E-state index in [9.17, 15) is 19.2 Å². The van der Waals surface area contributed by atoms with Crippen molar-refractivity contribution in [2.75, 3.05) is 20.4 Å². The van der Waals surface area contributed by atoms with E-state index in [-0.39, 0.29) is 24.5 Å². The van der Waals surface area contributed by atoms with Gasteiger partial charge in [0.15, 0.2) is 17.3 Å². The Morgan fingerprint density at radius 2 is 1.91 bits per heavy atom. The van der Waals surface area contributed by atoms with E-state index in [0.29, 0.717) is 22.8 Å². The number of methoxy groups -OCH3 is 1. The molecule has 0 spiro atoms. The summed E-state index contributed by atoms with van der Waals surface area (Å²) >= 11 is 0. The molecule has 0 radical (unpaired) electrons. The Balaban J connectivity index is 1.52. The average molecular weight is 441 g/mol. The number of urea groups is 1. The van der Waals surface area contributed by atoms with Crippen LogP contribution in [0.5, 0.6) is 11.5 Å². The number of Topliss-reactive ketones (excluding diaryl/α,β-unsaturated/α-hetero) is 1. The number of carbonyl (C=O) groups excluding carboxylic acids is 4. The Morgan fingerprint density at radius 1 is 1.19 bits per heavy atom. The summed E-state index contributed by atoms with van der Waals surface area (Å²) in [4.78, 5) is 54.3. The van der Waals surface area contributed by atoms with Crippen molar-refractivity contribution in [3.05, 3.63) is 46.3 Å². The van der Waals surface area contributed by atoms with Crippen LogP contribution in [0.15, 0.2) is 18.2 Å². The van der Waals surface area contributed by atoms with Crippen LogP contribution >= 0.6 is 0 Å². The number of fused-ring (bicyclic) bond motifs is 1. The second kappa shape index (κ2) is 7.70. The molecule has 2 N–H and O–H groups in total. The van der Waals surface area contributed by atoms with Gasteiger partial charge in [-0.1, -0.05) is 6.07 Å². The Bertz CT molecular complexity index is 1150. The highest BCUT2D eigenvalue weighted by Crippen LogP contribution is 2.34. The van der Waals surface area contributed by atoms with E-state index in [1.165, 1.54) is 7.11 Å². The van der Waals surface area contributed by atoms with Crippen LogP contribution in [0.4, 0.5) is 4.79 Å². The largest absolute Gasteiger partial charge is 0.465 e. The highest BCUT2D eigenvalue weighted by Gasteiger charge is 2.48. The van der Waals surface area contributed by atoms with Crippen molar-refractivity contribution in [1.82, 2.24) is 15.2 Å². The lowest BCUT2D eigenvalue weighted by Crippen LogP contribution is -2.46. The fourth-order valence-corrected chi connectivity index (χ4v) is 4.13. The lowest BCUT2D eigenvalue weighted by molar-refractivity contribution is -0.130. The molecule has 3 amide bonds. The third-order valence-corrected chi connectivity index (χ3v) is 5.75. The molecule has 0 saturated carbocycles. The zero-order valence-electron chi connectivity index (χ0n) is 18.2. The van der Waals surface area contributed by atoms with Crippen LogP contribution in [-0.4, -0.2) is 59.6 Å². The number of ketones is 1. The van der Waals surface area contributed by atoms with Crippen LogP contribution in [0.1, 0.15) is 44.6 Å². The molecule has 168 valence electrons. The molecule has 0 bridgehead atoms. The van der Waals surface area contributed by atoms with Gasteiger partial charge < -0.3 is 24.5 Å². The maximum Gasteiger partial charge on any atom is 0.339 e. The highest BCUT2D eigenvalue weighted by atomic mass is 16.7. The number of rotatable bonds is 6. The van der Waals surface area contributed by atoms with Crippen molar-refractivity contribution < 1.29 is 33.4 Å². The van der Waals surface area contributed by atoms with Crippen LogP contribution in [0.3, 0.4) is 0 Å². The molecule has 2 aliphatic rings. The maximum atomic E-state index is 13.1. The van der Waals surface area contributed by atoms with Crippen molar-refractivity contribution in [2.24, 2.45) is 0 Å². The lowest BCUT2D eigenvalue weighted by atomic mass is 9.92. The normalized spacial score (nSPS) is 19.3. The van der Waals surface area contributed by atoms with Gasteiger partial charge in [0.1, 0.15) is 5.54 Å². The molecule has 1 aromatic carbocycles. The SMILES string of the molecule is COC(=O)c1c(C)[nH]c(C(=O)CN2C(=O)NC(C)(Cc3ccc4c(c3)OCO4)C2=O)c1C. The third-order valence-electron chi connectivity index (χ3n) is 5.75. The average Bonchev–Trinajstić information content (AvgIpc) is 3.38. The number of carbonyl (C=O) groups is 4. The Labute approximate surface area is 183 Å². The predicted octanol–water partition coefficient (Wildman–Crippen LogP) is 1.88. The quantitative estimate of drug-likeness (QED) is 0.398. The summed E-state index contributed by atoms with van der Waals surface area (Å²) in [5.41, 5.74) is 0.867. The number of hydrogen-bond acceptors (Lipinski definition) is 7. The number of nitrogens with zero attached hydrogens (tertiary/aromatic N) is 1. The van der Waals surface area contributed by atoms with Crippen LogP contribution in [0.2, 0.25) is 0 Å². The molecule has 1 aromatic heterocycles. The number of aryl methyl sites for hydroxylation is 1. The minimum Gasteiger partial charge on any atom is -0.465 e. The molecule has 3 heterocycles. The van der Waals surface area contributed by atoms with Gasteiger partial charge in [0.2, 0.25) is 6.79 Å². The standard InChI is InChI=1S/C22H23N3O7/c1-11-17(19(27)30-4)12(2)23-18(11)14(26)9-25-20(28)22(3,24-21(25)29)8-13-5-6-15-16(7-13)32-10-31-15/h5-7,23H,8-10H2,1-4H3,(H,24,29). The number of aromatic amines is 1. The molecular formula is C22H23N3O7. The van der Waals surface area contributed by atoms with E-state index in [1.54, 1.807) is 39.0 Å². The molecule has 0 aliphatic carbocycles. The Morgan fingerprint density at radius 3 is 2.62 bits per heavy atom. The lowest BCUT2D eigenvalue weighted by Gasteiger charge is -2.21. The number of esters is 1. The topological polar surface area (TPSA) is 127 Å². The number of aromatic nitrogens is 1. The van der Waals surface area contributed by atoms with E-state index in [4.69, 9.17) is 14.2 Å². The van der Waals surface area contributed by atoms with Crippen molar-refractivity contribution in [2.45, 2.75) is 32.7 Å². The molecule has 4 rings (SSSR count). The van der Waals surface area contributed by atoms with Gasteiger partial charge in [0.05, 0.1) is 24.9 Å². The van der Waals surface area contributed by atoms with Gasteiger partial charge in [-0.15, -0.1) is 0 Å². The van der Waals surface area contributed by atoms with Crippen LogP contribution < -0.4 is 14.8 Å². The molecular weight excluding hydrogens is 418 g/mol. The summed E-state index contributed by atoms with van der Waals surface area (Å²) in [6.45, 7) is 4.55. The second-order valence-corrected chi connectivity index (χ2v) is 8.06. The monoisotopic (exact) mass is 441 g/mol. The van der Waals surface area contributed by atoms with E-state index in [0.717, 1.165) is 10.5 Å². The molecule has 10 nitrogen and oxygen atoms in total. The molecule has 32 heavy (non-hydrogen) atoms. The van der Waals surface area contributed by atoms with Crippen molar-refractivity contribution >= 4 is 23.7 Å². The van der Waals surface area contributed by atoms with E-state index >= 15 is 0 Å². The van der Waals surface area contributed by atoms with Gasteiger partial charge in [-0.2, -0.15) is 0 Å². The van der Waals surface area contributed by atoms with Crippen LogP contribution in [-0.2, 0) is 16.0 Å². The number of ether oxygens (including phenoxy) is 3. The molecule has 2 aromatic rings. The molecule has 1 atom stereocenters. The van der Waals surface area contributed by atoms with Gasteiger partial charge in [-0.25, -0.2) is 9.59 Å². The van der Waals surface area contributed by atoms with Crippen LogP contribution in [0, 0.1) is 13.8 Å². The summed E-state index contributed by atoms with van der Waals surface area (Å²) < 4.78 is 15.4. The number of nitrogens with one attached hydrogen (secondary N) is 2. The highest BCUT2D eigenvalue weighted by molar-refractivity contribution is 6.11. The first-order valence-corrected chi connectivity index (χ1v) is 9.98. The number of imide groups is 1. The van der Waals surface area contributed by atoms with Crippen molar-refractivity contribution in [3.8, 4) is 11.5 Å². The Kier molecular flexibility index (Phi) is 5.15. The first kappa shape index (κ1) is 21.4. The van der Waals surface area contributed by atoms with Gasteiger partial charge in [0.25, 0.3) is 5.91 Å². The zero-order chi connectivity index (χ0) is 23.2. The first-order chi connectivity index (χ1) is 15.1. The van der Waals surface area contributed by atoms with Crippen molar-refractivity contribution in [3.63, 3.8) is 0 Å². The van der Waals surface area contributed by atoms with Gasteiger partial charge >= 0.3 is 12.0 Å². The number of H-pyrrole nitrogens is 1. The fourth-order valence-electron chi connectivity index (χ4n) is 4.13. The van der Waals surface area contributed by atoms with Gasteiger partial charge in [0, 0.05) is 12.1 Å². The minimum atomic E-state index is -1.22. The molecule has 10 heteroatoms. The molecule has 2 aliphatic heterocycles. The number of benzene rings is 1. The molecule has 1 unspecified atom stereocenters. The number of hydrogen-bond donors (Lipinski definition) is 2. The smallest absolute Gasteiger partial charge is 0.339 e. The van der Waals surface area contributed by atoms with E-state index < -0.39 is 35.8 Å². The third kappa shape index (κ3) is 3.47. The summed E-state index contributed by atoms with van der Waals surface area (Å²) in [7, 11) is 1.25. The maximum absolute atomic E-state index is 13.1. The predicted molar refractivity (Wildman–Crippen MR) is 111 cm³/mol. The van der Waals surface area contributed by atoms with E-state index in [1.807, 2.05) is 0 Å². The number of amides is 3. The Hall–Kier alpha value is -3.82. The zero-order valence-corrected chi connectivity index (χ0v) is 18.2. The fraction of sp³-hybridized carbons (Fsp3) is 0.364. The minimum absolute atomic E-state index is 0.136. The summed E-state index contributed by atoms with van der Waals surface area (Å²) in [6.07, 6.45) is 0.214. The van der Waals surface area contributed by atoms with Crippen LogP contribution in [0.25, 0.3) is 0 Å². The summed E-state index contributed by atoms with van der Waals surface area (Å²) in [5.74, 6) is -0.370. The van der Waals surface area contributed by atoms with E-state index in [2.05, 4.69) is 10.3 Å².